The number of rotatable bonds is 3. The number of aromatic nitrogens is 1. The summed E-state index contributed by atoms with van der Waals surface area (Å²) in [5.74, 6) is 1.45. The lowest BCUT2D eigenvalue weighted by Gasteiger charge is -2.04. The van der Waals surface area contributed by atoms with Crippen LogP contribution in [-0.2, 0) is 6.42 Å². The predicted molar refractivity (Wildman–Crippen MR) is 60.1 cm³/mol. The fourth-order valence-electron chi connectivity index (χ4n) is 1.28. The Kier molecular flexibility index (Phi) is 3.15. The number of nitrogens with zero attached hydrogens (tertiary/aromatic N) is 2. The molecule has 0 fully saturated rings. The van der Waals surface area contributed by atoms with E-state index in [4.69, 9.17) is 10.00 Å². The first-order valence-corrected chi connectivity index (χ1v) is 4.93. The van der Waals surface area contributed by atoms with Gasteiger partial charge in [-0.1, -0.05) is 18.2 Å². The van der Waals surface area contributed by atoms with Gasteiger partial charge >= 0.3 is 0 Å². The third-order valence-corrected chi connectivity index (χ3v) is 2.04. The highest BCUT2D eigenvalue weighted by molar-refractivity contribution is 5.29. The Hall–Kier alpha value is -2.34. The molecule has 3 nitrogen and oxygen atoms in total. The summed E-state index contributed by atoms with van der Waals surface area (Å²) in [5.41, 5.74) is 0.753. The van der Waals surface area contributed by atoms with Crippen LogP contribution < -0.4 is 4.74 Å². The van der Waals surface area contributed by atoms with Crippen molar-refractivity contribution in [1.82, 2.24) is 4.98 Å². The Labute approximate surface area is 93.9 Å². The van der Waals surface area contributed by atoms with Gasteiger partial charge in [0.2, 0.25) is 0 Å². The lowest BCUT2D eigenvalue weighted by molar-refractivity contribution is 0.480. The molecule has 1 aromatic heterocycles. The van der Waals surface area contributed by atoms with E-state index in [1.54, 1.807) is 12.3 Å². The topological polar surface area (TPSA) is 45.9 Å². The van der Waals surface area contributed by atoms with Crippen LogP contribution >= 0.6 is 0 Å². The highest BCUT2D eigenvalue weighted by Crippen LogP contribution is 2.19. The van der Waals surface area contributed by atoms with Gasteiger partial charge in [0.25, 0.3) is 0 Å². The Morgan fingerprint density at radius 1 is 1.06 bits per heavy atom. The van der Waals surface area contributed by atoms with Gasteiger partial charge in [0.15, 0.2) is 0 Å². The van der Waals surface area contributed by atoms with Gasteiger partial charge in [0.1, 0.15) is 11.5 Å². The van der Waals surface area contributed by atoms with E-state index in [-0.39, 0.29) is 0 Å². The third-order valence-electron chi connectivity index (χ3n) is 2.04. The fourth-order valence-corrected chi connectivity index (χ4v) is 1.28. The lowest BCUT2D eigenvalue weighted by atomic mass is 10.3. The Bertz CT molecular complexity index is 486. The van der Waals surface area contributed by atoms with Crippen molar-refractivity contribution < 1.29 is 4.74 Å². The minimum absolute atomic E-state index is 0.325. The van der Waals surface area contributed by atoms with Gasteiger partial charge in [0, 0.05) is 0 Å². The van der Waals surface area contributed by atoms with Crippen molar-refractivity contribution in [1.29, 1.82) is 5.26 Å². The molecule has 0 aliphatic carbocycles. The van der Waals surface area contributed by atoms with E-state index >= 15 is 0 Å². The van der Waals surface area contributed by atoms with E-state index in [9.17, 15) is 0 Å². The maximum atomic E-state index is 8.50. The molecule has 0 unspecified atom stereocenters. The van der Waals surface area contributed by atoms with Crippen molar-refractivity contribution in [2.75, 3.05) is 0 Å². The molecule has 0 aliphatic rings. The molecular formula is C13H10N2O. The summed E-state index contributed by atoms with van der Waals surface area (Å²) in [6.45, 7) is 0. The van der Waals surface area contributed by atoms with Crippen molar-refractivity contribution in [3.63, 3.8) is 0 Å². The van der Waals surface area contributed by atoms with E-state index in [1.165, 1.54) is 0 Å². The minimum Gasteiger partial charge on any atom is -0.456 e. The van der Waals surface area contributed by atoms with Crippen LogP contribution in [0.1, 0.15) is 5.69 Å². The van der Waals surface area contributed by atoms with Crippen LogP contribution in [0.25, 0.3) is 0 Å². The molecule has 0 bridgehead atoms. The standard InChI is InChI=1S/C13H10N2O/c14-9-8-11-6-7-13(10-15-11)16-12-4-2-1-3-5-12/h1-7,10H,8H2. The molecule has 0 N–H and O–H groups in total. The van der Waals surface area contributed by atoms with Gasteiger partial charge in [-0.3, -0.25) is 4.98 Å². The molecule has 78 valence electrons. The van der Waals surface area contributed by atoms with Gasteiger partial charge in [-0.2, -0.15) is 5.26 Å². The third kappa shape index (κ3) is 2.58. The summed E-state index contributed by atoms with van der Waals surface area (Å²) >= 11 is 0. The maximum Gasteiger partial charge on any atom is 0.145 e. The SMILES string of the molecule is N#CCc1ccc(Oc2ccccc2)cn1. The molecule has 2 aromatic rings. The van der Waals surface area contributed by atoms with Crippen LogP contribution in [0.3, 0.4) is 0 Å². The first-order chi connectivity index (χ1) is 7.88. The Morgan fingerprint density at radius 2 is 1.88 bits per heavy atom. The lowest BCUT2D eigenvalue weighted by Crippen LogP contribution is -1.89. The molecule has 0 saturated heterocycles. The van der Waals surface area contributed by atoms with Gasteiger partial charge in [0.05, 0.1) is 24.4 Å². The summed E-state index contributed by atoms with van der Waals surface area (Å²) in [7, 11) is 0. The molecule has 0 spiro atoms. The van der Waals surface area contributed by atoms with Gasteiger partial charge in [-0.25, -0.2) is 0 Å². The van der Waals surface area contributed by atoms with Gasteiger partial charge in [-0.05, 0) is 24.3 Å². The zero-order valence-corrected chi connectivity index (χ0v) is 8.63. The number of hydrogen-bond donors (Lipinski definition) is 0. The van der Waals surface area contributed by atoms with E-state index in [0.29, 0.717) is 12.2 Å². The number of para-hydroxylation sites is 1. The van der Waals surface area contributed by atoms with Crippen molar-refractivity contribution in [3.05, 3.63) is 54.4 Å². The van der Waals surface area contributed by atoms with Gasteiger partial charge < -0.3 is 4.74 Å². The second-order valence-electron chi connectivity index (χ2n) is 3.24. The highest BCUT2D eigenvalue weighted by atomic mass is 16.5. The van der Waals surface area contributed by atoms with E-state index in [1.807, 2.05) is 42.5 Å². The maximum absolute atomic E-state index is 8.50. The summed E-state index contributed by atoms with van der Waals surface area (Å²) < 4.78 is 5.57. The van der Waals surface area contributed by atoms with Crippen molar-refractivity contribution in [3.8, 4) is 17.6 Å². The van der Waals surface area contributed by atoms with E-state index < -0.39 is 0 Å². The molecule has 0 aliphatic heterocycles. The van der Waals surface area contributed by atoms with Crippen LogP contribution in [0, 0.1) is 11.3 Å². The zero-order valence-electron chi connectivity index (χ0n) is 8.63. The first-order valence-electron chi connectivity index (χ1n) is 4.93. The Morgan fingerprint density at radius 3 is 2.50 bits per heavy atom. The summed E-state index contributed by atoms with van der Waals surface area (Å²) in [6, 6.07) is 15.2. The van der Waals surface area contributed by atoms with Crippen molar-refractivity contribution in [2.45, 2.75) is 6.42 Å². The van der Waals surface area contributed by atoms with Crippen LogP contribution in [-0.4, -0.2) is 4.98 Å². The van der Waals surface area contributed by atoms with Crippen LogP contribution in [0.5, 0.6) is 11.5 Å². The molecule has 3 heteroatoms. The molecule has 2 rings (SSSR count). The minimum atomic E-state index is 0.325. The average Bonchev–Trinajstić information content (AvgIpc) is 2.33. The summed E-state index contributed by atoms with van der Waals surface area (Å²) in [4.78, 5) is 4.12. The normalized spacial score (nSPS) is 9.44. The Balaban J connectivity index is 2.09. The van der Waals surface area contributed by atoms with Crippen LogP contribution in [0.2, 0.25) is 0 Å². The number of pyridine rings is 1. The summed E-state index contributed by atoms with van der Waals surface area (Å²) in [6.07, 6.45) is 1.95. The largest absolute Gasteiger partial charge is 0.456 e. The monoisotopic (exact) mass is 210 g/mol. The van der Waals surface area contributed by atoms with E-state index in [0.717, 1.165) is 11.4 Å². The number of nitriles is 1. The zero-order chi connectivity index (χ0) is 11.2. The number of hydrogen-bond acceptors (Lipinski definition) is 3. The van der Waals surface area contributed by atoms with E-state index in [2.05, 4.69) is 4.98 Å². The van der Waals surface area contributed by atoms with Crippen molar-refractivity contribution >= 4 is 0 Å². The molecule has 16 heavy (non-hydrogen) atoms. The van der Waals surface area contributed by atoms with Crippen LogP contribution in [0.4, 0.5) is 0 Å². The summed E-state index contributed by atoms with van der Waals surface area (Å²) in [5, 5.41) is 8.50. The average molecular weight is 210 g/mol. The molecule has 0 amide bonds. The molecule has 0 saturated carbocycles. The molecule has 1 heterocycles. The van der Waals surface area contributed by atoms with Crippen LogP contribution in [0.15, 0.2) is 48.7 Å². The fraction of sp³-hybridized carbons (Fsp3) is 0.0769. The first kappa shape index (κ1) is 10.2. The number of benzene rings is 1. The predicted octanol–water partition coefficient (Wildman–Crippen LogP) is 2.94. The molecule has 0 radical (unpaired) electrons. The highest BCUT2D eigenvalue weighted by Gasteiger charge is 1.97. The number of ether oxygens (including phenoxy) is 1. The van der Waals surface area contributed by atoms with Gasteiger partial charge in [-0.15, -0.1) is 0 Å². The van der Waals surface area contributed by atoms with Crippen molar-refractivity contribution in [2.24, 2.45) is 0 Å². The molecule has 0 atom stereocenters. The smallest absolute Gasteiger partial charge is 0.145 e. The molecule has 1 aromatic carbocycles. The second-order valence-corrected chi connectivity index (χ2v) is 3.24. The second kappa shape index (κ2) is 4.94. The molecular weight excluding hydrogens is 200 g/mol. The quantitative estimate of drug-likeness (QED) is 0.782.